The third kappa shape index (κ3) is 3.18. The van der Waals surface area contributed by atoms with Gasteiger partial charge in [-0.3, -0.25) is 4.68 Å². The van der Waals surface area contributed by atoms with Gasteiger partial charge in [-0.05, 0) is 44.5 Å². The molecule has 0 aliphatic heterocycles. The first-order valence-corrected chi connectivity index (χ1v) is 8.26. The number of sulfonamides is 1. The van der Waals surface area contributed by atoms with E-state index >= 15 is 0 Å². The zero-order valence-electron chi connectivity index (χ0n) is 13.0. The lowest BCUT2D eigenvalue weighted by Crippen LogP contribution is -2.27. The zero-order chi connectivity index (χ0) is 16.5. The maximum atomic E-state index is 12.5. The molecule has 0 fully saturated rings. The molecule has 0 bridgehead atoms. The molecular weight excluding hydrogens is 300 g/mol. The van der Waals surface area contributed by atoms with Crippen LogP contribution in [0.3, 0.4) is 0 Å². The van der Waals surface area contributed by atoms with Crippen LogP contribution in [0.5, 0.6) is 0 Å². The molecule has 6 nitrogen and oxygen atoms in total. The Hall–Kier alpha value is -2.17. The fraction of sp³-hybridized carbons (Fsp3) is 0.333. The number of nitriles is 1. The van der Waals surface area contributed by atoms with Crippen LogP contribution in [-0.4, -0.2) is 18.2 Å². The number of aromatic nitrogens is 2. The van der Waals surface area contributed by atoms with Crippen molar-refractivity contribution in [2.45, 2.75) is 31.7 Å². The van der Waals surface area contributed by atoms with E-state index in [0.29, 0.717) is 11.1 Å². The summed E-state index contributed by atoms with van der Waals surface area (Å²) in [5.74, 6) is 0. The second-order valence-corrected chi connectivity index (χ2v) is 6.96. The van der Waals surface area contributed by atoms with Gasteiger partial charge in [0.25, 0.3) is 0 Å². The Morgan fingerprint density at radius 3 is 2.55 bits per heavy atom. The fourth-order valence-corrected chi connectivity index (χ4v) is 3.87. The second kappa shape index (κ2) is 5.91. The van der Waals surface area contributed by atoms with Crippen molar-refractivity contribution in [1.29, 1.82) is 5.26 Å². The van der Waals surface area contributed by atoms with Crippen molar-refractivity contribution in [2.24, 2.45) is 7.05 Å². The lowest BCUT2D eigenvalue weighted by Gasteiger charge is -2.15. The Morgan fingerprint density at radius 1 is 1.36 bits per heavy atom. The average Bonchev–Trinajstić information content (AvgIpc) is 2.76. The van der Waals surface area contributed by atoms with Crippen LogP contribution in [0.15, 0.2) is 29.3 Å². The predicted molar refractivity (Wildman–Crippen MR) is 82.6 cm³/mol. The second-order valence-electron chi connectivity index (χ2n) is 5.28. The lowest BCUT2D eigenvalue weighted by molar-refractivity contribution is 0.566. The van der Waals surface area contributed by atoms with Crippen molar-refractivity contribution >= 4 is 10.0 Å². The van der Waals surface area contributed by atoms with Crippen LogP contribution in [0.2, 0.25) is 0 Å². The number of rotatable bonds is 4. The maximum Gasteiger partial charge on any atom is 0.241 e. The maximum absolute atomic E-state index is 12.5. The SMILES string of the molecule is Cc1cc(C#N)ccc1S(=O)(=O)NC(C)c1cn(C)nc1C. The molecule has 1 atom stereocenters. The van der Waals surface area contributed by atoms with E-state index in [0.717, 1.165) is 11.3 Å². The standard InChI is InChI=1S/C15H18N4O2S/c1-10-7-13(8-16)5-6-15(10)22(20,21)18-12(3)14-9-19(4)17-11(14)2/h5-7,9,12,18H,1-4H3. The molecule has 116 valence electrons. The van der Waals surface area contributed by atoms with Crippen LogP contribution in [0.25, 0.3) is 0 Å². The van der Waals surface area contributed by atoms with Crippen molar-refractivity contribution in [3.63, 3.8) is 0 Å². The van der Waals surface area contributed by atoms with E-state index in [1.807, 2.05) is 13.0 Å². The lowest BCUT2D eigenvalue weighted by atomic mass is 10.1. The highest BCUT2D eigenvalue weighted by Crippen LogP contribution is 2.21. The van der Waals surface area contributed by atoms with Gasteiger partial charge in [-0.2, -0.15) is 10.4 Å². The summed E-state index contributed by atoms with van der Waals surface area (Å²) in [5.41, 5.74) is 2.60. The van der Waals surface area contributed by atoms with Gasteiger partial charge in [0.05, 0.1) is 22.2 Å². The van der Waals surface area contributed by atoms with Crippen molar-refractivity contribution in [3.8, 4) is 6.07 Å². The number of hydrogen-bond donors (Lipinski definition) is 1. The highest BCUT2D eigenvalue weighted by Gasteiger charge is 2.22. The van der Waals surface area contributed by atoms with E-state index in [4.69, 9.17) is 5.26 Å². The van der Waals surface area contributed by atoms with Gasteiger partial charge in [0.15, 0.2) is 0 Å². The number of hydrogen-bond acceptors (Lipinski definition) is 4. The minimum Gasteiger partial charge on any atom is -0.275 e. The van der Waals surface area contributed by atoms with Crippen LogP contribution in [0.1, 0.15) is 35.3 Å². The summed E-state index contributed by atoms with van der Waals surface area (Å²) in [6, 6.07) is 6.13. The summed E-state index contributed by atoms with van der Waals surface area (Å²) in [4.78, 5) is 0.180. The average molecular weight is 318 g/mol. The Kier molecular flexibility index (Phi) is 4.35. The summed E-state index contributed by atoms with van der Waals surface area (Å²) in [6.07, 6.45) is 1.80. The molecule has 1 unspecified atom stereocenters. The molecule has 22 heavy (non-hydrogen) atoms. The molecule has 7 heteroatoms. The third-order valence-electron chi connectivity index (χ3n) is 3.44. The number of nitrogens with zero attached hydrogens (tertiary/aromatic N) is 3. The Morgan fingerprint density at radius 2 is 2.05 bits per heavy atom. The van der Waals surface area contributed by atoms with Crippen LogP contribution in [-0.2, 0) is 17.1 Å². The molecule has 0 aliphatic rings. The molecule has 1 aromatic heterocycles. The molecule has 0 spiro atoms. The van der Waals surface area contributed by atoms with Crippen LogP contribution >= 0.6 is 0 Å². The van der Waals surface area contributed by atoms with Gasteiger partial charge in [-0.15, -0.1) is 0 Å². The van der Waals surface area contributed by atoms with Gasteiger partial charge >= 0.3 is 0 Å². The summed E-state index contributed by atoms with van der Waals surface area (Å²) >= 11 is 0. The van der Waals surface area contributed by atoms with Crippen molar-refractivity contribution in [2.75, 3.05) is 0 Å². The Bertz CT molecular complexity index is 847. The minimum atomic E-state index is -3.67. The predicted octanol–water partition coefficient (Wildman–Crippen LogP) is 1.95. The first-order valence-electron chi connectivity index (χ1n) is 6.78. The van der Waals surface area contributed by atoms with Gasteiger partial charge in [-0.25, -0.2) is 13.1 Å². The van der Waals surface area contributed by atoms with E-state index in [2.05, 4.69) is 9.82 Å². The molecular formula is C15H18N4O2S. The topological polar surface area (TPSA) is 87.8 Å². The highest BCUT2D eigenvalue weighted by atomic mass is 32.2. The van der Waals surface area contributed by atoms with Gasteiger partial charge in [0.2, 0.25) is 10.0 Å². The van der Waals surface area contributed by atoms with Gasteiger partial charge in [0.1, 0.15) is 0 Å². The largest absolute Gasteiger partial charge is 0.275 e. The van der Waals surface area contributed by atoms with Crippen molar-refractivity contribution in [3.05, 3.63) is 46.8 Å². The Labute approximate surface area is 130 Å². The Balaban J connectivity index is 2.32. The molecule has 0 amide bonds. The summed E-state index contributed by atoms with van der Waals surface area (Å²) in [7, 11) is -1.87. The smallest absolute Gasteiger partial charge is 0.241 e. The van der Waals surface area contributed by atoms with E-state index < -0.39 is 16.1 Å². The molecule has 0 aliphatic carbocycles. The van der Waals surface area contributed by atoms with Gasteiger partial charge < -0.3 is 0 Å². The first kappa shape index (κ1) is 16.2. The fourth-order valence-electron chi connectivity index (χ4n) is 2.42. The minimum absolute atomic E-state index is 0.180. The van der Waals surface area contributed by atoms with E-state index in [1.54, 1.807) is 37.8 Å². The quantitative estimate of drug-likeness (QED) is 0.933. The molecule has 1 heterocycles. The van der Waals surface area contributed by atoms with E-state index in [-0.39, 0.29) is 4.90 Å². The molecule has 1 aromatic carbocycles. The highest BCUT2D eigenvalue weighted by molar-refractivity contribution is 7.89. The molecule has 0 saturated carbocycles. The summed E-state index contributed by atoms with van der Waals surface area (Å²) in [5, 5.41) is 13.1. The van der Waals surface area contributed by atoms with Crippen LogP contribution in [0, 0.1) is 25.2 Å². The van der Waals surface area contributed by atoms with Gasteiger partial charge in [-0.1, -0.05) is 0 Å². The van der Waals surface area contributed by atoms with Gasteiger partial charge in [0, 0.05) is 24.8 Å². The first-order chi connectivity index (χ1) is 10.2. The van der Waals surface area contributed by atoms with Crippen LogP contribution < -0.4 is 4.72 Å². The number of aryl methyl sites for hydroxylation is 3. The van der Waals surface area contributed by atoms with Crippen LogP contribution in [0.4, 0.5) is 0 Å². The van der Waals surface area contributed by atoms with Crippen molar-refractivity contribution < 1.29 is 8.42 Å². The zero-order valence-corrected chi connectivity index (χ0v) is 13.8. The van der Waals surface area contributed by atoms with E-state index in [1.165, 1.54) is 12.1 Å². The normalized spacial score (nSPS) is 12.9. The number of nitrogens with one attached hydrogen (secondary N) is 1. The molecule has 1 N–H and O–H groups in total. The third-order valence-corrected chi connectivity index (χ3v) is 5.14. The molecule has 2 rings (SSSR count). The summed E-state index contributed by atoms with van der Waals surface area (Å²) < 4.78 is 29.4. The number of benzene rings is 1. The summed E-state index contributed by atoms with van der Waals surface area (Å²) in [6.45, 7) is 5.29. The monoisotopic (exact) mass is 318 g/mol. The molecule has 2 aromatic rings. The molecule has 0 saturated heterocycles. The van der Waals surface area contributed by atoms with E-state index in [9.17, 15) is 8.42 Å². The molecule has 0 radical (unpaired) electrons. The van der Waals surface area contributed by atoms with Crippen molar-refractivity contribution in [1.82, 2.24) is 14.5 Å².